The van der Waals surface area contributed by atoms with Gasteiger partial charge in [-0.05, 0) is 17.2 Å². The number of hydrogen-bond acceptors (Lipinski definition) is 1. The molecule has 0 saturated carbocycles. The van der Waals surface area contributed by atoms with Crippen LogP contribution in [0.25, 0.3) is 10.4 Å². The van der Waals surface area contributed by atoms with Crippen molar-refractivity contribution in [1.82, 2.24) is 0 Å². The summed E-state index contributed by atoms with van der Waals surface area (Å²) in [5.74, 6) is 0. The lowest BCUT2D eigenvalue weighted by atomic mass is 9.98. The van der Waals surface area contributed by atoms with Crippen LogP contribution in [0.4, 0.5) is 5.69 Å². The molecular formula is C16H12ClNO. The van der Waals surface area contributed by atoms with Crippen LogP contribution in [0.3, 0.4) is 0 Å². The van der Waals surface area contributed by atoms with Gasteiger partial charge in [0.1, 0.15) is 0 Å². The van der Waals surface area contributed by atoms with Crippen molar-refractivity contribution in [3.8, 4) is 0 Å². The molecule has 0 radical (unpaired) electrons. The summed E-state index contributed by atoms with van der Waals surface area (Å²) < 4.78 is 5.14. The molecule has 19 heavy (non-hydrogen) atoms. The summed E-state index contributed by atoms with van der Waals surface area (Å²) in [5.41, 5.74) is 3.15. The molecule has 3 heteroatoms. The number of ether oxygens (including phenoxy) is 1. The van der Waals surface area contributed by atoms with Crippen molar-refractivity contribution in [2.45, 2.75) is 0 Å². The van der Waals surface area contributed by atoms with Crippen molar-refractivity contribution in [3.63, 3.8) is 0 Å². The first-order valence-electron chi connectivity index (χ1n) is 5.72. The van der Waals surface area contributed by atoms with E-state index < -0.39 is 0 Å². The highest BCUT2D eigenvalue weighted by Gasteiger charge is 2.11. The Morgan fingerprint density at radius 1 is 1.21 bits per heavy atom. The van der Waals surface area contributed by atoms with Crippen molar-refractivity contribution in [2.75, 3.05) is 7.11 Å². The molecule has 0 saturated heterocycles. The van der Waals surface area contributed by atoms with Gasteiger partial charge in [0.15, 0.2) is 5.69 Å². The normalized spacial score (nSPS) is 10.9. The number of nitrogens with zero attached hydrogens (tertiary/aromatic N) is 1. The second-order valence-corrected chi connectivity index (χ2v) is 4.34. The Bertz CT molecular complexity index is 642. The highest BCUT2D eigenvalue weighted by atomic mass is 35.5. The summed E-state index contributed by atoms with van der Waals surface area (Å²) in [7, 11) is 1.59. The molecule has 2 aromatic rings. The molecule has 0 bridgehead atoms. The van der Waals surface area contributed by atoms with Crippen LogP contribution < -0.4 is 0 Å². The zero-order chi connectivity index (χ0) is 13.7. The predicted molar refractivity (Wildman–Crippen MR) is 78.2 cm³/mol. The van der Waals surface area contributed by atoms with E-state index in [1.807, 2.05) is 30.3 Å². The lowest BCUT2D eigenvalue weighted by molar-refractivity contribution is 0.340. The summed E-state index contributed by atoms with van der Waals surface area (Å²) in [6.45, 7) is 7.26. The molecule has 2 rings (SSSR count). The van der Waals surface area contributed by atoms with E-state index in [0.29, 0.717) is 10.7 Å². The molecule has 2 aromatic carbocycles. The van der Waals surface area contributed by atoms with Crippen LogP contribution >= 0.6 is 11.6 Å². The Kier molecular flexibility index (Phi) is 4.22. The van der Waals surface area contributed by atoms with Gasteiger partial charge >= 0.3 is 0 Å². The van der Waals surface area contributed by atoms with Crippen molar-refractivity contribution >= 4 is 22.9 Å². The fourth-order valence-electron chi connectivity index (χ4n) is 1.84. The summed E-state index contributed by atoms with van der Waals surface area (Å²) in [6.07, 6.45) is 1.63. The van der Waals surface area contributed by atoms with Gasteiger partial charge in [0.25, 0.3) is 0 Å². The third kappa shape index (κ3) is 2.96. The highest BCUT2D eigenvalue weighted by molar-refractivity contribution is 6.31. The summed E-state index contributed by atoms with van der Waals surface area (Å²) in [6, 6.07) is 15.0. The van der Waals surface area contributed by atoms with Gasteiger partial charge in [-0.15, -0.1) is 0 Å². The third-order valence-corrected chi connectivity index (χ3v) is 2.92. The molecule has 0 unspecified atom stereocenters. The zero-order valence-electron chi connectivity index (χ0n) is 10.4. The minimum Gasteiger partial charge on any atom is -0.504 e. The minimum absolute atomic E-state index is 0.552. The standard InChI is InChI=1S/C16H12ClNO/c1-18-16-9-8-13(17)10-14(16)15(11-19-2)12-6-4-3-5-7-12/h3-11H,2H3/b15-11-. The Balaban J connectivity index is 2.62. The second-order valence-electron chi connectivity index (χ2n) is 3.91. The first-order chi connectivity index (χ1) is 9.26. The SMILES string of the molecule is [C-]#[N+]c1ccc(Cl)cc1/C(=C\OC)c1ccccc1. The van der Waals surface area contributed by atoms with E-state index >= 15 is 0 Å². The highest BCUT2D eigenvalue weighted by Crippen LogP contribution is 2.33. The van der Waals surface area contributed by atoms with Gasteiger partial charge in [0, 0.05) is 10.6 Å². The maximum Gasteiger partial charge on any atom is 0.195 e. The topological polar surface area (TPSA) is 13.6 Å². The Labute approximate surface area is 117 Å². The maximum atomic E-state index is 7.26. The molecule has 0 atom stereocenters. The van der Waals surface area contributed by atoms with E-state index in [-0.39, 0.29) is 0 Å². The molecular weight excluding hydrogens is 258 g/mol. The number of halogens is 1. The van der Waals surface area contributed by atoms with Gasteiger partial charge in [-0.25, -0.2) is 4.85 Å². The van der Waals surface area contributed by atoms with Crippen LogP contribution in [0.15, 0.2) is 54.8 Å². The van der Waals surface area contributed by atoms with Crippen molar-refractivity contribution < 1.29 is 4.74 Å². The first-order valence-corrected chi connectivity index (χ1v) is 6.10. The van der Waals surface area contributed by atoms with Crippen molar-refractivity contribution in [1.29, 1.82) is 0 Å². The largest absolute Gasteiger partial charge is 0.504 e. The number of rotatable bonds is 3. The molecule has 0 aliphatic rings. The van der Waals surface area contributed by atoms with Crippen LogP contribution in [0, 0.1) is 6.57 Å². The van der Waals surface area contributed by atoms with Gasteiger partial charge < -0.3 is 4.74 Å². The quantitative estimate of drug-likeness (QED) is 0.569. The third-order valence-electron chi connectivity index (χ3n) is 2.69. The molecule has 0 fully saturated rings. The maximum absolute atomic E-state index is 7.26. The van der Waals surface area contributed by atoms with E-state index in [9.17, 15) is 0 Å². The predicted octanol–water partition coefficient (Wildman–Crippen LogP) is 4.93. The second kappa shape index (κ2) is 6.08. The number of benzene rings is 2. The Morgan fingerprint density at radius 2 is 1.95 bits per heavy atom. The number of methoxy groups -OCH3 is 1. The molecule has 0 aromatic heterocycles. The van der Waals surface area contributed by atoms with E-state index in [0.717, 1.165) is 16.7 Å². The van der Waals surface area contributed by atoms with Crippen LogP contribution in [0.5, 0.6) is 0 Å². The summed E-state index contributed by atoms with van der Waals surface area (Å²) in [4.78, 5) is 3.54. The lowest BCUT2D eigenvalue weighted by Gasteiger charge is -2.10. The Hall–Kier alpha value is -2.24. The molecule has 0 spiro atoms. The molecule has 0 N–H and O–H groups in total. The zero-order valence-corrected chi connectivity index (χ0v) is 11.2. The molecule has 0 heterocycles. The van der Waals surface area contributed by atoms with Gasteiger partial charge in [0.05, 0.1) is 19.9 Å². The van der Waals surface area contributed by atoms with Crippen LogP contribution in [-0.4, -0.2) is 7.11 Å². The first kappa shape index (κ1) is 13.2. The van der Waals surface area contributed by atoms with Gasteiger partial charge in [0.2, 0.25) is 0 Å². The smallest absolute Gasteiger partial charge is 0.195 e. The molecule has 2 nitrogen and oxygen atoms in total. The summed E-state index contributed by atoms with van der Waals surface area (Å²) in [5, 5.41) is 0.598. The van der Waals surface area contributed by atoms with E-state index in [2.05, 4.69) is 4.85 Å². The molecule has 94 valence electrons. The molecule has 0 amide bonds. The van der Waals surface area contributed by atoms with E-state index in [4.69, 9.17) is 22.9 Å². The number of hydrogen-bond donors (Lipinski definition) is 0. The minimum atomic E-state index is 0.552. The lowest BCUT2D eigenvalue weighted by Crippen LogP contribution is -1.89. The van der Waals surface area contributed by atoms with E-state index in [1.165, 1.54) is 0 Å². The van der Waals surface area contributed by atoms with Crippen molar-refractivity contribution in [3.05, 3.63) is 82.4 Å². The average molecular weight is 270 g/mol. The van der Waals surface area contributed by atoms with Gasteiger partial charge in [-0.1, -0.05) is 54.1 Å². The van der Waals surface area contributed by atoms with Crippen LogP contribution in [-0.2, 0) is 4.74 Å². The molecule has 0 aliphatic carbocycles. The molecule has 0 aliphatic heterocycles. The van der Waals surface area contributed by atoms with Crippen LogP contribution in [0.2, 0.25) is 5.02 Å². The average Bonchev–Trinajstić information content (AvgIpc) is 2.45. The monoisotopic (exact) mass is 269 g/mol. The fraction of sp³-hybridized carbons (Fsp3) is 0.0625. The van der Waals surface area contributed by atoms with Gasteiger partial charge in [-0.2, -0.15) is 0 Å². The Morgan fingerprint density at radius 3 is 2.58 bits per heavy atom. The van der Waals surface area contributed by atoms with Crippen molar-refractivity contribution in [2.24, 2.45) is 0 Å². The summed E-state index contributed by atoms with van der Waals surface area (Å²) >= 11 is 6.03. The van der Waals surface area contributed by atoms with E-state index in [1.54, 1.807) is 31.6 Å². The van der Waals surface area contributed by atoms with Gasteiger partial charge in [-0.3, -0.25) is 0 Å². The van der Waals surface area contributed by atoms with Crippen LogP contribution in [0.1, 0.15) is 11.1 Å². The fourth-order valence-corrected chi connectivity index (χ4v) is 2.02.